The van der Waals surface area contributed by atoms with Crippen LogP contribution in [0.4, 0.5) is 5.82 Å². The van der Waals surface area contributed by atoms with Gasteiger partial charge in [0, 0.05) is 24.2 Å². The summed E-state index contributed by atoms with van der Waals surface area (Å²) in [7, 11) is 0. The van der Waals surface area contributed by atoms with Gasteiger partial charge in [-0.25, -0.2) is 15.0 Å². The average molecular weight is 342 g/mol. The highest BCUT2D eigenvalue weighted by atomic mass is 16.3. The number of anilines is 1. The van der Waals surface area contributed by atoms with Gasteiger partial charge in [0.2, 0.25) is 0 Å². The number of nitrogens with one attached hydrogen (secondary N) is 1. The van der Waals surface area contributed by atoms with E-state index in [1.165, 1.54) is 12.4 Å². The Morgan fingerprint density at radius 2 is 1.62 bits per heavy atom. The largest absolute Gasteiger partial charge is 0.461 e. The smallest absolute Gasteiger partial charge is 0.259 e. The van der Waals surface area contributed by atoms with Gasteiger partial charge in [-0.3, -0.25) is 4.79 Å². The number of hydrogen-bond donors (Lipinski definition) is 1. The van der Waals surface area contributed by atoms with Crippen molar-refractivity contribution in [3.05, 3.63) is 85.0 Å². The SMILES string of the molecule is O=C(Nc1ccc(-c2ccccc2)cn1)c1cnc(-c2ccco2)nc1. The molecule has 0 saturated carbocycles. The molecule has 0 aliphatic rings. The van der Waals surface area contributed by atoms with Crippen LogP contribution in [0.5, 0.6) is 0 Å². The molecule has 3 heterocycles. The zero-order valence-corrected chi connectivity index (χ0v) is 13.7. The van der Waals surface area contributed by atoms with Crippen molar-refractivity contribution >= 4 is 11.7 Å². The Hall–Kier alpha value is -3.80. The van der Waals surface area contributed by atoms with Crippen molar-refractivity contribution in [2.75, 3.05) is 5.32 Å². The van der Waals surface area contributed by atoms with Gasteiger partial charge in [0.05, 0.1) is 11.8 Å². The lowest BCUT2D eigenvalue weighted by atomic mass is 10.1. The number of benzene rings is 1. The molecular weight excluding hydrogens is 328 g/mol. The fourth-order valence-corrected chi connectivity index (χ4v) is 2.44. The minimum atomic E-state index is -0.323. The van der Waals surface area contributed by atoms with Crippen LogP contribution in [0.1, 0.15) is 10.4 Å². The van der Waals surface area contributed by atoms with Crippen molar-refractivity contribution in [1.29, 1.82) is 0 Å². The van der Waals surface area contributed by atoms with Crippen molar-refractivity contribution in [2.45, 2.75) is 0 Å². The zero-order chi connectivity index (χ0) is 17.8. The molecule has 3 aromatic heterocycles. The molecule has 0 aliphatic heterocycles. The van der Waals surface area contributed by atoms with Crippen molar-refractivity contribution in [2.24, 2.45) is 0 Å². The van der Waals surface area contributed by atoms with Crippen molar-refractivity contribution in [3.8, 4) is 22.7 Å². The van der Waals surface area contributed by atoms with Gasteiger partial charge < -0.3 is 9.73 Å². The first-order valence-corrected chi connectivity index (χ1v) is 7.98. The highest BCUT2D eigenvalue weighted by Crippen LogP contribution is 2.19. The molecule has 0 aliphatic carbocycles. The van der Waals surface area contributed by atoms with Crippen LogP contribution in [-0.4, -0.2) is 20.9 Å². The summed E-state index contributed by atoms with van der Waals surface area (Å²) in [5, 5.41) is 2.74. The standard InChI is InChI=1S/C20H14N4O2/c25-20(16-12-22-19(23-13-16)17-7-4-10-26-17)24-18-9-8-15(11-21-18)14-5-2-1-3-6-14/h1-13H,(H,21,24,25). The molecule has 4 aromatic rings. The van der Waals surface area contributed by atoms with Gasteiger partial charge in [-0.15, -0.1) is 0 Å². The number of hydrogen-bond acceptors (Lipinski definition) is 5. The number of carbonyl (C=O) groups excluding carboxylic acids is 1. The van der Waals surface area contributed by atoms with Crippen LogP contribution < -0.4 is 5.32 Å². The maximum Gasteiger partial charge on any atom is 0.259 e. The van der Waals surface area contributed by atoms with E-state index in [0.717, 1.165) is 11.1 Å². The van der Waals surface area contributed by atoms with Crippen LogP contribution in [0.2, 0.25) is 0 Å². The van der Waals surface area contributed by atoms with Crippen LogP contribution in [0.3, 0.4) is 0 Å². The summed E-state index contributed by atoms with van der Waals surface area (Å²) in [6, 6.07) is 17.1. The third-order valence-electron chi connectivity index (χ3n) is 3.77. The van der Waals surface area contributed by atoms with Crippen molar-refractivity contribution in [1.82, 2.24) is 15.0 Å². The molecule has 0 bridgehead atoms. The van der Waals surface area contributed by atoms with Crippen LogP contribution in [-0.2, 0) is 0 Å². The van der Waals surface area contributed by atoms with Gasteiger partial charge in [0.25, 0.3) is 5.91 Å². The minimum Gasteiger partial charge on any atom is -0.461 e. The van der Waals surface area contributed by atoms with Gasteiger partial charge in [0.1, 0.15) is 5.82 Å². The van der Waals surface area contributed by atoms with E-state index in [9.17, 15) is 4.79 Å². The number of pyridine rings is 1. The number of carbonyl (C=O) groups is 1. The predicted molar refractivity (Wildman–Crippen MR) is 97.4 cm³/mol. The summed E-state index contributed by atoms with van der Waals surface area (Å²) in [4.78, 5) is 24.9. The fourth-order valence-electron chi connectivity index (χ4n) is 2.44. The Morgan fingerprint density at radius 3 is 2.27 bits per heavy atom. The second-order valence-corrected chi connectivity index (χ2v) is 5.52. The molecule has 6 nitrogen and oxygen atoms in total. The third kappa shape index (κ3) is 3.34. The molecule has 0 saturated heterocycles. The number of rotatable bonds is 4. The van der Waals surface area contributed by atoms with E-state index in [1.807, 2.05) is 36.4 Å². The first-order chi connectivity index (χ1) is 12.8. The minimum absolute atomic E-state index is 0.323. The summed E-state index contributed by atoms with van der Waals surface area (Å²) >= 11 is 0. The fraction of sp³-hybridized carbons (Fsp3) is 0. The average Bonchev–Trinajstić information content (AvgIpc) is 3.24. The molecule has 0 spiro atoms. The molecule has 0 atom stereocenters. The molecule has 1 N–H and O–H groups in total. The van der Waals surface area contributed by atoms with Gasteiger partial charge in [-0.1, -0.05) is 30.3 Å². The molecule has 4 rings (SSSR count). The number of aromatic nitrogens is 3. The van der Waals surface area contributed by atoms with E-state index in [4.69, 9.17) is 4.42 Å². The van der Waals surface area contributed by atoms with Gasteiger partial charge in [0.15, 0.2) is 11.6 Å². The van der Waals surface area contributed by atoms with E-state index in [2.05, 4.69) is 20.3 Å². The van der Waals surface area contributed by atoms with Gasteiger partial charge >= 0.3 is 0 Å². The van der Waals surface area contributed by atoms with E-state index in [-0.39, 0.29) is 5.91 Å². The maximum absolute atomic E-state index is 12.3. The van der Waals surface area contributed by atoms with Crippen LogP contribution in [0, 0.1) is 0 Å². The highest BCUT2D eigenvalue weighted by molar-refractivity contribution is 6.03. The summed E-state index contributed by atoms with van der Waals surface area (Å²) in [5.74, 6) is 1.12. The third-order valence-corrected chi connectivity index (χ3v) is 3.77. The summed E-state index contributed by atoms with van der Waals surface area (Å²) in [5.41, 5.74) is 2.39. The number of amides is 1. The molecule has 0 fully saturated rings. The summed E-state index contributed by atoms with van der Waals surface area (Å²) in [6.45, 7) is 0. The van der Waals surface area contributed by atoms with Crippen molar-refractivity contribution in [3.63, 3.8) is 0 Å². The Balaban J connectivity index is 1.46. The predicted octanol–water partition coefficient (Wildman–Crippen LogP) is 4.05. The van der Waals surface area contributed by atoms with Gasteiger partial charge in [-0.05, 0) is 29.8 Å². The van der Waals surface area contributed by atoms with E-state index in [0.29, 0.717) is 23.0 Å². The van der Waals surface area contributed by atoms with Crippen molar-refractivity contribution < 1.29 is 9.21 Å². The first kappa shape index (κ1) is 15.7. The van der Waals surface area contributed by atoms with E-state index in [1.54, 1.807) is 30.7 Å². The Labute approximate surface area is 149 Å². The molecule has 26 heavy (non-hydrogen) atoms. The number of furan rings is 1. The maximum atomic E-state index is 12.3. The molecule has 1 amide bonds. The van der Waals surface area contributed by atoms with Gasteiger partial charge in [-0.2, -0.15) is 0 Å². The Bertz CT molecular complexity index is 996. The lowest BCUT2D eigenvalue weighted by Gasteiger charge is -2.06. The molecular formula is C20H14N4O2. The first-order valence-electron chi connectivity index (χ1n) is 7.98. The highest BCUT2D eigenvalue weighted by Gasteiger charge is 2.10. The summed E-state index contributed by atoms with van der Waals surface area (Å²) < 4.78 is 5.23. The molecule has 6 heteroatoms. The summed E-state index contributed by atoms with van der Waals surface area (Å²) in [6.07, 6.45) is 6.18. The zero-order valence-electron chi connectivity index (χ0n) is 13.7. The van der Waals surface area contributed by atoms with Crippen LogP contribution in [0.15, 0.2) is 83.9 Å². The quantitative estimate of drug-likeness (QED) is 0.605. The van der Waals surface area contributed by atoms with E-state index >= 15 is 0 Å². The van der Waals surface area contributed by atoms with E-state index < -0.39 is 0 Å². The molecule has 1 aromatic carbocycles. The second-order valence-electron chi connectivity index (χ2n) is 5.52. The molecule has 126 valence electrons. The topological polar surface area (TPSA) is 80.9 Å². The normalized spacial score (nSPS) is 10.5. The van der Waals surface area contributed by atoms with Crippen LogP contribution >= 0.6 is 0 Å². The Morgan fingerprint density at radius 1 is 0.808 bits per heavy atom. The number of nitrogens with zero attached hydrogens (tertiary/aromatic N) is 3. The lowest BCUT2D eigenvalue weighted by Crippen LogP contribution is -2.13. The Kier molecular flexibility index (Phi) is 4.22. The van der Waals surface area contributed by atoms with Crippen LogP contribution in [0.25, 0.3) is 22.7 Å². The second kappa shape index (κ2) is 6.98. The molecule has 0 radical (unpaired) electrons. The monoisotopic (exact) mass is 342 g/mol. The lowest BCUT2D eigenvalue weighted by molar-refractivity contribution is 0.102. The molecule has 0 unspecified atom stereocenters.